The molecule has 2 N–H and O–H groups in total. The van der Waals surface area contributed by atoms with Crippen molar-refractivity contribution in [2.75, 3.05) is 19.0 Å². The number of ether oxygens (including phenoxy) is 1. The van der Waals surface area contributed by atoms with Crippen molar-refractivity contribution in [3.8, 4) is 6.07 Å². The standard InChI is InChI=1S/C13H13F3N2O3/c1-21-5-4-11(12(19)20)18-10-3-2-9(13(14,15)16)6-8(10)7-17/h2-3,6,11,18H,4-5H2,1H3,(H,19,20). The Kier molecular flexibility index (Phi) is 5.55. The van der Waals surface area contributed by atoms with Crippen molar-refractivity contribution in [3.63, 3.8) is 0 Å². The van der Waals surface area contributed by atoms with E-state index in [2.05, 4.69) is 5.32 Å². The van der Waals surface area contributed by atoms with Crippen LogP contribution in [0.4, 0.5) is 18.9 Å². The maximum absolute atomic E-state index is 12.6. The zero-order valence-corrected chi connectivity index (χ0v) is 11.1. The minimum absolute atomic E-state index is 0.0361. The molecule has 21 heavy (non-hydrogen) atoms. The van der Waals surface area contributed by atoms with E-state index in [0.717, 1.165) is 12.1 Å². The van der Waals surface area contributed by atoms with Crippen LogP contribution in [0.15, 0.2) is 18.2 Å². The van der Waals surface area contributed by atoms with Crippen molar-refractivity contribution < 1.29 is 27.8 Å². The fourth-order valence-corrected chi connectivity index (χ4v) is 1.62. The number of nitrogens with one attached hydrogen (secondary N) is 1. The van der Waals surface area contributed by atoms with Gasteiger partial charge in [-0.25, -0.2) is 4.79 Å². The van der Waals surface area contributed by atoms with Gasteiger partial charge < -0.3 is 15.2 Å². The second-order valence-corrected chi connectivity index (χ2v) is 4.19. The van der Waals surface area contributed by atoms with E-state index in [1.165, 1.54) is 7.11 Å². The first-order valence-electron chi connectivity index (χ1n) is 5.89. The minimum Gasteiger partial charge on any atom is -0.480 e. The molecule has 0 saturated heterocycles. The molecule has 0 heterocycles. The number of hydrogen-bond donors (Lipinski definition) is 2. The molecule has 8 heteroatoms. The van der Waals surface area contributed by atoms with Gasteiger partial charge in [-0.05, 0) is 18.2 Å². The van der Waals surface area contributed by atoms with Crippen molar-refractivity contribution in [1.82, 2.24) is 0 Å². The quantitative estimate of drug-likeness (QED) is 0.843. The number of aliphatic carboxylic acids is 1. The van der Waals surface area contributed by atoms with E-state index >= 15 is 0 Å². The van der Waals surface area contributed by atoms with Gasteiger partial charge in [0.1, 0.15) is 12.1 Å². The summed E-state index contributed by atoms with van der Waals surface area (Å²) in [7, 11) is 1.40. The fourth-order valence-electron chi connectivity index (χ4n) is 1.62. The van der Waals surface area contributed by atoms with E-state index < -0.39 is 23.8 Å². The Morgan fingerprint density at radius 1 is 1.52 bits per heavy atom. The lowest BCUT2D eigenvalue weighted by Gasteiger charge is -2.17. The van der Waals surface area contributed by atoms with Crippen molar-refractivity contribution in [2.24, 2.45) is 0 Å². The van der Waals surface area contributed by atoms with Crippen LogP contribution in [0.5, 0.6) is 0 Å². The van der Waals surface area contributed by atoms with Crippen molar-refractivity contribution in [1.29, 1.82) is 5.26 Å². The van der Waals surface area contributed by atoms with Gasteiger partial charge in [-0.15, -0.1) is 0 Å². The van der Waals surface area contributed by atoms with Crippen molar-refractivity contribution >= 4 is 11.7 Å². The summed E-state index contributed by atoms with van der Waals surface area (Å²) in [5.74, 6) is -1.18. The number of benzene rings is 1. The predicted molar refractivity (Wildman–Crippen MR) is 67.7 cm³/mol. The Morgan fingerprint density at radius 2 is 2.19 bits per heavy atom. The molecule has 114 valence electrons. The minimum atomic E-state index is -4.56. The molecular formula is C13H13F3N2O3. The molecule has 1 rings (SSSR count). The third-order valence-electron chi connectivity index (χ3n) is 2.71. The Balaban J connectivity index is 3.02. The number of alkyl halides is 3. The van der Waals surface area contributed by atoms with Crippen LogP contribution >= 0.6 is 0 Å². The molecule has 0 radical (unpaired) electrons. The highest BCUT2D eigenvalue weighted by Crippen LogP contribution is 2.31. The van der Waals surface area contributed by atoms with Crippen LogP contribution in [0.25, 0.3) is 0 Å². The first-order valence-corrected chi connectivity index (χ1v) is 5.89. The SMILES string of the molecule is COCCC(Nc1ccc(C(F)(F)F)cc1C#N)C(=O)O. The van der Waals surface area contributed by atoms with E-state index in [-0.39, 0.29) is 24.3 Å². The maximum atomic E-state index is 12.6. The lowest BCUT2D eigenvalue weighted by molar-refractivity contribution is -0.139. The summed E-state index contributed by atoms with van der Waals surface area (Å²) in [4.78, 5) is 11.1. The fraction of sp³-hybridized carbons (Fsp3) is 0.385. The first kappa shape index (κ1) is 16.8. The van der Waals surface area contributed by atoms with Gasteiger partial charge in [-0.1, -0.05) is 0 Å². The average Bonchev–Trinajstić information content (AvgIpc) is 2.41. The Labute approximate surface area is 118 Å². The molecule has 1 atom stereocenters. The van der Waals surface area contributed by atoms with Crippen molar-refractivity contribution in [2.45, 2.75) is 18.6 Å². The lowest BCUT2D eigenvalue weighted by Crippen LogP contribution is -2.30. The van der Waals surface area contributed by atoms with Crippen LogP contribution in [-0.4, -0.2) is 30.8 Å². The monoisotopic (exact) mass is 302 g/mol. The van der Waals surface area contributed by atoms with E-state index in [1.54, 1.807) is 6.07 Å². The summed E-state index contributed by atoms with van der Waals surface area (Å²) in [6.07, 6.45) is -4.45. The van der Waals surface area contributed by atoms with Gasteiger partial charge in [0.2, 0.25) is 0 Å². The van der Waals surface area contributed by atoms with Crippen molar-refractivity contribution in [3.05, 3.63) is 29.3 Å². The van der Waals surface area contributed by atoms with Crippen LogP contribution in [0.1, 0.15) is 17.5 Å². The Hall–Kier alpha value is -2.27. The van der Waals surface area contributed by atoms with Crippen LogP contribution in [0, 0.1) is 11.3 Å². The molecule has 0 aliphatic rings. The van der Waals surface area contributed by atoms with Crippen LogP contribution < -0.4 is 5.32 Å². The lowest BCUT2D eigenvalue weighted by atomic mass is 10.1. The van der Waals surface area contributed by atoms with E-state index in [4.69, 9.17) is 15.1 Å². The molecule has 1 aromatic rings. The van der Waals surface area contributed by atoms with E-state index in [1.807, 2.05) is 0 Å². The van der Waals surface area contributed by atoms with Gasteiger partial charge in [-0.2, -0.15) is 18.4 Å². The molecule has 0 spiro atoms. The molecule has 0 amide bonds. The third-order valence-corrected chi connectivity index (χ3v) is 2.71. The molecule has 0 aliphatic heterocycles. The highest BCUT2D eigenvalue weighted by molar-refractivity contribution is 5.78. The number of hydrogen-bond acceptors (Lipinski definition) is 4. The molecule has 1 aromatic carbocycles. The number of carbonyl (C=O) groups is 1. The number of carboxylic acid groups (broad SMARTS) is 1. The summed E-state index contributed by atoms with van der Waals surface area (Å²) in [6, 6.07) is 3.07. The zero-order valence-electron chi connectivity index (χ0n) is 11.1. The number of rotatable bonds is 6. The summed E-state index contributed by atoms with van der Waals surface area (Å²) in [5, 5.41) is 20.5. The molecule has 0 aromatic heterocycles. The van der Waals surface area contributed by atoms with Gasteiger partial charge in [0, 0.05) is 20.1 Å². The number of anilines is 1. The summed E-state index contributed by atoms with van der Waals surface area (Å²) in [5.41, 5.74) is -1.20. The largest absolute Gasteiger partial charge is 0.480 e. The molecule has 1 unspecified atom stereocenters. The summed E-state index contributed by atoms with van der Waals surface area (Å²) >= 11 is 0. The number of halogens is 3. The van der Waals surface area contributed by atoms with Gasteiger partial charge in [0.25, 0.3) is 0 Å². The summed E-state index contributed by atoms with van der Waals surface area (Å²) in [6.45, 7) is 0.159. The van der Waals surface area contributed by atoms with E-state index in [9.17, 15) is 18.0 Å². The molecular weight excluding hydrogens is 289 g/mol. The normalized spacial score (nSPS) is 12.5. The Bertz CT molecular complexity index is 553. The Morgan fingerprint density at radius 3 is 2.67 bits per heavy atom. The van der Waals surface area contributed by atoms with Crippen LogP contribution in [-0.2, 0) is 15.7 Å². The average molecular weight is 302 g/mol. The smallest absolute Gasteiger partial charge is 0.416 e. The van der Waals surface area contributed by atoms with Crippen LogP contribution in [0.3, 0.4) is 0 Å². The van der Waals surface area contributed by atoms with Gasteiger partial charge in [-0.3, -0.25) is 0 Å². The van der Waals surface area contributed by atoms with Gasteiger partial charge in [0.15, 0.2) is 0 Å². The second-order valence-electron chi connectivity index (χ2n) is 4.19. The van der Waals surface area contributed by atoms with Gasteiger partial charge in [0.05, 0.1) is 16.8 Å². The summed E-state index contributed by atoms with van der Waals surface area (Å²) < 4.78 is 42.4. The van der Waals surface area contributed by atoms with Gasteiger partial charge >= 0.3 is 12.1 Å². The highest BCUT2D eigenvalue weighted by atomic mass is 19.4. The highest BCUT2D eigenvalue weighted by Gasteiger charge is 2.31. The first-order chi connectivity index (χ1) is 9.79. The number of nitriles is 1. The molecule has 0 saturated carbocycles. The topological polar surface area (TPSA) is 82.3 Å². The number of nitrogens with zero attached hydrogens (tertiary/aromatic N) is 1. The molecule has 0 aliphatic carbocycles. The second kappa shape index (κ2) is 6.95. The zero-order chi connectivity index (χ0) is 16.0. The molecule has 0 fully saturated rings. The molecule has 5 nitrogen and oxygen atoms in total. The van der Waals surface area contributed by atoms with Crippen LogP contribution in [0.2, 0.25) is 0 Å². The number of carboxylic acids is 1. The predicted octanol–water partition coefficient (Wildman–Crippen LogP) is 2.48. The number of methoxy groups -OCH3 is 1. The molecule has 0 bridgehead atoms. The third kappa shape index (κ3) is 4.65. The maximum Gasteiger partial charge on any atom is 0.416 e. The van der Waals surface area contributed by atoms with E-state index in [0.29, 0.717) is 6.07 Å².